The van der Waals surface area contributed by atoms with Crippen molar-refractivity contribution in [1.29, 1.82) is 0 Å². The molecule has 0 spiro atoms. The van der Waals surface area contributed by atoms with Crippen molar-refractivity contribution in [1.82, 2.24) is 9.88 Å². The standard InChI is InChI=1S/C14H23N3O2/c1-14(2,3)19-13(18)17(11-4-5-11)12(8-15)10-6-7-16-9-10/h6-7,9,11-12,16H,4-5,8,15H2,1-3H3. The summed E-state index contributed by atoms with van der Waals surface area (Å²) in [4.78, 5) is 17.2. The van der Waals surface area contributed by atoms with Gasteiger partial charge < -0.3 is 15.5 Å². The number of hydrogen-bond acceptors (Lipinski definition) is 3. The maximum absolute atomic E-state index is 12.4. The van der Waals surface area contributed by atoms with Crippen molar-refractivity contribution in [2.45, 2.75) is 51.3 Å². The quantitative estimate of drug-likeness (QED) is 0.878. The molecule has 0 saturated heterocycles. The lowest BCUT2D eigenvalue weighted by Crippen LogP contribution is -2.43. The molecule has 2 rings (SSSR count). The van der Waals surface area contributed by atoms with Crippen molar-refractivity contribution in [2.75, 3.05) is 6.54 Å². The minimum absolute atomic E-state index is 0.117. The summed E-state index contributed by atoms with van der Waals surface area (Å²) in [6.45, 7) is 6.03. The minimum atomic E-state index is -0.485. The first-order valence-corrected chi connectivity index (χ1v) is 6.76. The number of carbonyl (C=O) groups excluding carboxylic acids is 1. The summed E-state index contributed by atoms with van der Waals surface area (Å²) in [6, 6.07) is 2.10. The Morgan fingerprint density at radius 1 is 1.58 bits per heavy atom. The van der Waals surface area contributed by atoms with Crippen LogP contribution in [0.3, 0.4) is 0 Å². The van der Waals surface area contributed by atoms with E-state index in [0.29, 0.717) is 6.54 Å². The zero-order valence-corrected chi connectivity index (χ0v) is 11.8. The Morgan fingerprint density at radius 2 is 2.26 bits per heavy atom. The topological polar surface area (TPSA) is 71.3 Å². The van der Waals surface area contributed by atoms with Crippen molar-refractivity contribution < 1.29 is 9.53 Å². The predicted octanol–water partition coefficient (Wildman–Crippen LogP) is 2.41. The van der Waals surface area contributed by atoms with Crippen LogP contribution in [-0.4, -0.2) is 34.2 Å². The maximum Gasteiger partial charge on any atom is 0.411 e. The third-order valence-electron chi connectivity index (χ3n) is 3.11. The Kier molecular flexibility index (Phi) is 3.85. The van der Waals surface area contributed by atoms with Gasteiger partial charge in [-0.15, -0.1) is 0 Å². The van der Waals surface area contributed by atoms with E-state index in [-0.39, 0.29) is 18.2 Å². The lowest BCUT2D eigenvalue weighted by molar-refractivity contribution is 0.0144. The first-order chi connectivity index (χ1) is 8.92. The van der Waals surface area contributed by atoms with Gasteiger partial charge in [0.2, 0.25) is 0 Å². The van der Waals surface area contributed by atoms with E-state index >= 15 is 0 Å². The Morgan fingerprint density at radius 3 is 2.68 bits per heavy atom. The lowest BCUT2D eigenvalue weighted by atomic mass is 10.1. The molecule has 1 aromatic heterocycles. The Labute approximate surface area is 114 Å². The number of H-pyrrole nitrogens is 1. The van der Waals surface area contributed by atoms with Crippen LogP contribution in [0.15, 0.2) is 18.5 Å². The van der Waals surface area contributed by atoms with Crippen molar-refractivity contribution in [3.63, 3.8) is 0 Å². The normalized spacial score (nSPS) is 17.1. The molecule has 5 nitrogen and oxygen atoms in total. The van der Waals surface area contributed by atoms with Crippen LogP contribution in [0.1, 0.15) is 45.2 Å². The average Bonchev–Trinajstić information content (AvgIpc) is 2.97. The van der Waals surface area contributed by atoms with Gasteiger partial charge in [0.05, 0.1) is 6.04 Å². The number of amides is 1. The van der Waals surface area contributed by atoms with Gasteiger partial charge in [-0.25, -0.2) is 4.79 Å². The fourth-order valence-electron chi connectivity index (χ4n) is 2.15. The number of aromatic nitrogens is 1. The Balaban J connectivity index is 2.17. The SMILES string of the molecule is CC(C)(C)OC(=O)N(C1CC1)C(CN)c1cc[nH]c1. The van der Waals surface area contributed by atoms with E-state index in [0.717, 1.165) is 18.4 Å². The highest BCUT2D eigenvalue weighted by Crippen LogP contribution is 2.35. The number of rotatable bonds is 4. The second-order valence-electron chi connectivity index (χ2n) is 6.01. The third-order valence-corrected chi connectivity index (χ3v) is 3.11. The monoisotopic (exact) mass is 265 g/mol. The van der Waals surface area contributed by atoms with Gasteiger partial charge in [-0.05, 0) is 45.2 Å². The summed E-state index contributed by atoms with van der Waals surface area (Å²) < 4.78 is 5.50. The highest BCUT2D eigenvalue weighted by molar-refractivity contribution is 5.70. The molecular formula is C14H23N3O2. The summed E-state index contributed by atoms with van der Waals surface area (Å²) in [7, 11) is 0. The fraction of sp³-hybridized carbons (Fsp3) is 0.643. The van der Waals surface area contributed by atoms with Crippen LogP contribution in [0, 0.1) is 0 Å². The molecule has 1 atom stereocenters. The summed E-state index contributed by atoms with van der Waals surface area (Å²) in [5.41, 5.74) is 6.41. The molecule has 1 unspecified atom stereocenters. The van der Waals surface area contributed by atoms with E-state index in [1.165, 1.54) is 0 Å². The third kappa shape index (κ3) is 3.50. The average molecular weight is 265 g/mol. The number of hydrogen-bond donors (Lipinski definition) is 2. The molecule has 1 aliphatic carbocycles. The fourth-order valence-corrected chi connectivity index (χ4v) is 2.15. The molecule has 0 radical (unpaired) electrons. The number of aromatic amines is 1. The molecule has 0 aromatic carbocycles. The van der Waals surface area contributed by atoms with Crippen LogP contribution in [0.2, 0.25) is 0 Å². The molecule has 1 heterocycles. The molecular weight excluding hydrogens is 242 g/mol. The van der Waals surface area contributed by atoms with Gasteiger partial charge in [0.15, 0.2) is 0 Å². The van der Waals surface area contributed by atoms with E-state index in [2.05, 4.69) is 4.98 Å². The highest BCUT2D eigenvalue weighted by atomic mass is 16.6. The summed E-state index contributed by atoms with van der Waals surface area (Å²) >= 11 is 0. The van der Waals surface area contributed by atoms with E-state index in [4.69, 9.17) is 10.5 Å². The molecule has 1 aliphatic rings. The largest absolute Gasteiger partial charge is 0.444 e. The van der Waals surface area contributed by atoms with Gasteiger partial charge in [0.1, 0.15) is 5.60 Å². The maximum atomic E-state index is 12.4. The molecule has 19 heavy (non-hydrogen) atoms. The number of nitrogens with one attached hydrogen (secondary N) is 1. The molecule has 5 heteroatoms. The van der Waals surface area contributed by atoms with Crippen molar-refractivity contribution in [2.24, 2.45) is 5.73 Å². The number of carbonyl (C=O) groups is 1. The van der Waals surface area contributed by atoms with Crippen molar-refractivity contribution >= 4 is 6.09 Å². The number of nitrogens with zero attached hydrogens (tertiary/aromatic N) is 1. The van der Waals surface area contributed by atoms with Gasteiger partial charge in [0.25, 0.3) is 0 Å². The molecule has 0 bridgehead atoms. The molecule has 1 fully saturated rings. The Hall–Kier alpha value is -1.49. The lowest BCUT2D eigenvalue weighted by Gasteiger charge is -2.33. The van der Waals surface area contributed by atoms with Crippen LogP contribution in [-0.2, 0) is 4.74 Å². The van der Waals surface area contributed by atoms with Gasteiger partial charge >= 0.3 is 6.09 Å². The summed E-state index contributed by atoms with van der Waals surface area (Å²) in [6.07, 6.45) is 5.52. The molecule has 3 N–H and O–H groups in total. The predicted molar refractivity (Wildman–Crippen MR) is 73.7 cm³/mol. The minimum Gasteiger partial charge on any atom is -0.444 e. The van der Waals surface area contributed by atoms with E-state index in [9.17, 15) is 4.79 Å². The highest BCUT2D eigenvalue weighted by Gasteiger charge is 2.39. The van der Waals surface area contributed by atoms with E-state index in [1.54, 1.807) is 4.90 Å². The molecule has 106 valence electrons. The first kappa shape index (κ1) is 13.9. The first-order valence-electron chi connectivity index (χ1n) is 6.76. The molecule has 1 saturated carbocycles. The molecule has 1 aromatic rings. The second-order valence-corrected chi connectivity index (χ2v) is 6.01. The summed E-state index contributed by atoms with van der Waals surface area (Å²) in [5, 5.41) is 0. The van der Waals surface area contributed by atoms with Crippen LogP contribution < -0.4 is 5.73 Å². The van der Waals surface area contributed by atoms with Crippen LogP contribution in [0.25, 0.3) is 0 Å². The van der Waals surface area contributed by atoms with Crippen LogP contribution >= 0.6 is 0 Å². The van der Waals surface area contributed by atoms with Gasteiger partial charge in [-0.3, -0.25) is 4.90 Å². The van der Waals surface area contributed by atoms with Gasteiger partial charge in [0, 0.05) is 25.0 Å². The van der Waals surface area contributed by atoms with Crippen molar-refractivity contribution in [3.8, 4) is 0 Å². The van der Waals surface area contributed by atoms with Gasteiger partial charge in [-0.1, -0.05) is 0 Å². The zero-order chi connectivity index (χ0) is 14.0. The second kappa shape index (κ2) is 5.25. The van der Waals surface area contributed by atoms with E-state index in [1.807, 2.05) is 39.2 Å². The molecule has 1 amide bonds. The van der Waals surface area contributed by atoms with Crippen molar-refractivity contribution in [3.05, 3.63) is 24.0 Å². The number of ether oxygens (including phenoxy) is 1. The molecule has 0 aliphatic heterocycles. The smallest absolute Gasteiger partial charge is 0.411 e. The van der Waals surface area contributed by atoms with E-state index < -0.39 is 5.60 Å². The van der Waals surface area contributed by atoms with Crippen LogP contribution in [0.4, 0.5) is 4.79 Å². The van der Waals surface area contributed by atoms with Gasteiger partial charge in [-0.2, -0.15) is 0 Å². The zero-order valence-electron chi connectivity index (χ0n) is 11.8. The summed E-state index contributed by atoms with van der Waals surface area (Å²) in [5.74, 6) is 0. The number of nitrogens with two attached hydrogens (primary N) is 1. The Bertz CT molecular complexity index is 418. The van der Waals surface area contributed by atoms with Crippen LogP contribution in [0.5, 0.6) is 0 Å².